The number of hydrogen-bond donors (Lipinski definition) is 1. The van der Waals surface area contributed by atoms with Crippen molar-refractivity contribution in [2.75, 3.05) is 26.3 Å². The van der Waals surface area contributed by atoms with Gasteiger partial charge < -0.3 is 14.8 Å². The summed E-state index contributed by atoms with van der Waals surface area (Å²) in [6.07, 6.45) is 3.84. The predicted molar refractivity (Wildman–Crippen MR) is 111 cm³/mol. The Morgan fingerprint density at radius 2 is 1.63 bits per heavy atom. The van der Waals surface area contributed by atoms with Gasteiger partial charge in [-0.25, -0.2) is 0 Å². The van der Waals surface area contributed by atoms with Gasteiger partial charge in [0.15, 0.2) is 11.5 Å². The normalized spacial score (nSPS) is 16.1. The van der Waals surface area contributed by atoms with Crippen molar-refractivity contribution in [2.24, 2.45) is 0 Å². The Morgan fingerprint density at radius 1 is 1.00 bits per heavy atom. The fourth-order valence-corrected chi connectivity index (χ4v) is 3.83. The number of ether oxygens (including phenoxy) is 2. The molecule has 0 atom stereocenters. The third-order valence-electron chi connectivity index (χ3n) is 5.43. The van der Waals surface area contributed by atoms with Gasteiger partial charge >= 0.3 is 0 Å². The molecule has 4 rings (SSSR count). The van der Waals surface area contributed by atoms with E-state index in [1.54, 1.807) is 0 Å². The zero-order valence-electron chi connectivity index (χ0n) is 16.8. The molecular formula is C22H25N3O5. The van der Waals surface area contributed by atoms with E-state index in [4.69, 9.17) is 9.47 Å². The third kappa shape index (κ3) is 4.71. The van der Waals surface area contributed by atoms with Crippen molar-refractivity contribution in [3.05, 3.63) is 63.2 Å². The van der Waals surface area contributed by atoms with E-state index in [0.29, 0.717) is 19.0 Å². The number of nitrogens with zero attached hydrogens (tertiary/aromatic N) is 2. The van der Waals surface area contributed by atoms with Crippen molar-refractivity contribution in [1.29, 1.82) is 0 Å². The number of nitrogens with one attached hydrogen (secondary N) is 1. The van der Waals surface area contributed by atoms with Crippen LogP contribution in [-0.4, -0.2) is 42.0 Å². The van der Waals surface area contributed by atoms with Crippen LogP contribution in [0.3, 0.4) is 0 Å². The van der Waals surface area contributed by atoms with Crippen LogP contribution in [0.25, 0.3) is 0 Å². The Bertz CT molecular complexity index is 923. The summed E-state index contributed by atoms with van der Waals surface area (Å²) < 4.78 is 10.8. The van der Waals surface area contributed by atoms with Crippen LogP contribution >= 0.6 is 0 Å². The van der Waals surface area contributed by atoms with Gasteiger partial charge in [-0.3, -0.25) is 19.8 Å². The summed E-state index contributed by atoms with van der Waals surface area (Å²) in [6.45, 7) is 4.18. The molecule has 8 nitrogen and oxygen atoms in total. The van der Waals surface area contributed by atoms with Crippen molar-refractivity contribution in [3.63, 3.8) is 0 Å². The second kappa shape index (κ2) is 9.13. The Balaban J connectivity index is 1.40. The van der Waals surface area contributed by atoms with E-state index in [2.05, 4.69) is 22.3 Å². The molecule has 0 saturated carbocycles. The molecule has 2 aromatic carbocycles. The number of carbonyl (C=O) groups excluding carboxylic acids is 1. The van der Waals surface area contributed by atoms with Gasteiger partial charge in [0.1, 0.15) is 18.8 Å². The minimum Gasteiger partial charge on any atom is -0.486 e. The van der Waals surface area contributed by atoms with Gasteiger partial charge in [-0.15, -0.1) is 0 Å². The van der Waals surface area contributed by atoms with Gasteiger partial charge in [0.05, 0.1) is 11.0 Å². The van der Waals surface area contributed by atoms with Crippen molar-refractivity contribution >= 4 is 11.6 Å². The summed E-state index contributed by atoms with van der Waals surface area (Å²) >= 11 is 0. The highest BCUT2D eigenvalue weighted by atomic mass is 16.6. The number of carbonyl (C=O) groups is 1. The molecule has 0 unspecified atom stereocenters. The number of fused-ring (bicyclic) bond motifs is 1. The summed E-state index contributed by atoms with van der Waals surface area (Å²) in [7, 11) is 0. The van der Waals surface area contributed by atoms with Crippen LogP contribution in [0.15, 0.2) is 36.4 Å². The maximum atomic E-state index is 12.6. The van der Waals surface area contributed by atoms with E-state index >= 15 is 0 Å². The SMILES string of the molecule is O=C(NCc1ccc(CN2CCCCC2)cc1)c1cc2c(cc1[N+](=O)[O-])OCCO2. The lowest BCUT2D eigenvalue weighted by Crippen LogP contribution is -2.29. The van der Waals surface area contributed by atoms with Crippen LogP contribution in [0, 0.1) is 10.1 Å². The van der Waals surface area contributed by atoms with Gasteiger partial charge in [0, 0.05) is 19.2 Å². The molecule has 2 aromatic rings. The molecule has 0 spiro atoms. The summed E-state index contributed by atoms with van der Waals surface area (Å²) in [4.78, 5) is 25.9. The van der Waals surface area contributed by atoms with Crippen LogP contribution in [-0.2, 0) is 13.1 Å². The maximum absolute atomic E-state index is 12.6. The van der Waals surface area contributed by atoms with Crippen molar-refractivity contribution in [3.8, 4) is 11.5 Å². The summed E-state index contributed by atoms with van der Waals surface area (Å²) in [5, 5.41) is 14.2. The first-order chi connectivity index (χ1) is 14.6. The van der Waals surface area contributed by atoms with E-state index in [1.807, 2.05) is 12.1 Å². The molecule has 158 valence electrons. The molecule has 1 N–H and O–H groups in total. The van der Waals surface area contributed by atoms with Gasteiger partial charge in [-0.1, -0.05) is 30.7 Å². The lowest BCUT2D eigenvalue weighted by atomic mass is 10.1. The van der Waals surface area contributed by atoms with E-state index in [-0.39, 0.29) is 23.5 Å². The summed E-state index contributed by atoms with van der Waals surface area (Å²) in [5.74, 6) is 0.115. The number of benzene rings is 2. The highest BCUT2D eigenvalue weighted by molar-refractivity contribution is 5.99. The monoisotopic (exact) mass is 411 g/mol. The first kappa shape index (κ1) is 20.2. The number of nitro groups is 1. The lowest BCUT2D eigenvalue weighted by molar-refractivity contribution is -0.385. The molecular weight excluding hydrogens is 386 g/mol. The Hall–Kier alpha value is -3.13. The van der Waals surface area contributed by atoms with E-state index in [1.165, 1.54) is 37.0 Å². The number of likely N-dealkylation sites (tertiary alicyclic amines) is 1. The first-order valence-corrected chi connectivity index (χ1v) is 10.3. The molecule has 0 bridgehead atoms. The van der Waals surface area contributed by atoms with Crippen LogP contribution < -0.4 is 14.8 Å². The standard InChI is InChI=1S/C22H25N3O5/c26-22(18-12-20-21(30-11-10-29-20)13-19(18)25(27)28)23-14-16-4-6-17(7-5-16)15-24-8-2-1-3-9-24/h4-7,12-13H,1-3,8-11,14-15H2,(H,23,26). The molecule has 0 radical (unpaired) electrons. The fraction of sp³-hybridized carbons (Fsp3) is 0.409. The maximum Gasteiger partial charge on any atom is 0.286 e. The smallest absolute Gasteiger partial charge is 0.286 e. The molecule has 30 heavy (non-hydrogen) atoms. The average Bonchev–Trinajstić information content (AvgIpc) is 2.78. The van der Waals surface area contributed by atoms with Crippen LogP contribution in [0.1, 0.15) is 40.7 Å². The van der Waals surface area contributed by atoms with Gasteiger partial charge in [-0.2, -0.15) is 0 Å². The number of hydrogen-bond acceptors (Lipinski definition) is 6. The molecule has 8 heteroatoms. The van der Waals surface area contributed by atoms with E-state index < -0.39 is 10.8 Å². The van der Waals surface area contributed by atoms with Crippen LogP contribution in [0.4, 0.5) is 5.69 Å². The molecule has 2 aliphatic heterocycles. The van der Waals surface area contributed by atoms with E-state index in [0.717, 1.165) is 25.2 Å². The van der Waals surface area contributed by atoms with Crippen LogP contribution in [0.5, 0.6) is 11.5 Å². The molecule has 2 heterocycles. The third-order valence-corrected chi connectivity index (χ3v) is 5.43. The van der Waals surface area contributed by atoms with Gasteiger partial charge in [-0.05, 0) is 37.1 Å². The highest BCUT2D eigenvalue weighted by Gasteiger charge is 2.26. The fourth-order valence-electron chi connectivity index (χ4n) is 3.83. The van der Waals surface area contributed by atoms with Crippen molar-refractivity contribution < 1.29 is 19.2 Å². The molecule has 0 aliphatic carbocycles. The predicted octanol–water partition coefficient (Wildman–Crippen LogP) is 3.28. The van der Waals surface area contributed by atoms with Gasteiger partial charge in [0.2, 0.25) is 0 Å². The Morgan fingerprint density at radius 3 is 2.30 bits per heavy atom. The molecule has 1 fully saturated rings. The van der Waals surface area contributed by atoms with Crippen LogP contribution in [0.2, 0.25) is 0 Å². The first-order valence-electron chi connectivity index (χ1n) is 10.3. The van der Waals surface area contributed by atoms with Crippen molar-refractivity contribution in [2.45, 2.75) is 32.4 Å². The Kier molecular flexibility index (Phi) is 6.13. The second-order valence-corrected chi connectivity index (χ2v) is 7.61. The number of rotatable bonds is 6. The molecule has 2 aliphatic rings. The highest BCUT2D eigenvalue weighted by Crippen LogP contribution is 2.36. The molecule has 0 aromatic heterocycles. The molecule has 1 saturated heterocycles. The summed E-state index contributed by atoms with van der Waals surface area (Å²) in [6, 6.07) is 10.7. The quantitative estimate of drug-likeness (QED) is 0.579. The number of amides is 1. The number of nitro benzene ring substituents is 1. The largest absolute Gasteiger partial charge is 0.486 e. The zero-order chi connectivity index (χ0) is 20.9. The number of piperidine rings is 1. The zero-order valence-corrected chi connectivity index (χ0v) is 16.8. The average molecular weight is 411 g/mol. The van der Waals surface area contributed by atoms with E-state index in [9.17, 15) is 14.9 Å². The van der Waals surface area contributed by atoms with Crippen molar-refractivity contribution in [1.82, 2.24) is 10.2 Å². The minimum absolute atomic E-state index is 0.0361. The molecule has 1 amide bonds. The topological polar surface area (TPSA) is 93.9 Å². The second-order valence-electron chi connectivity index (χ2n) is 7.61. The summed E-state index contributed by atoms with van der Waals surface area (Å²) in [5.41, 5.74) is 1.85. The van der Waals surface area contributed by atoms with Gasteiger partial charge in [0.25, 0.3) is 11.6 Å². The lowest BCUT2D eigenvalue weighted by Gasteiger charge is -2.26. The Labute approximate surface area is 174 Å². The minimum atomic E-state index is -0.581.